The van der Waals surface area contributed by atoms with Crippen LogP contribution in [0, 0.1) is 0 Å². The van der Waals surface area contributed by atoms with Crippen LogP contribution in [0.25, 0.3) is 11.0 Å². The second-order valence-electron chi connectivity index (χ2n) is 3.01. The third-order valence-electron chi connectivity index (χ3n) is 1.88. The fraction of sp³-hybridized carbons (Fsp3) is 0.222. The SMILES string of the molecule is COCC(=O)Nc1ccc2n[nH]nc2c1. The van der Waals surface area contributed by atoms with Gasteiger partial charge in [-0.1, -0.05) is 0 Å². The van der Waals surface area contributed by atoms with Gasteiger partial charge in [-0.25, -0.2) is 0 Å². The van der Waals surface area contributed by atoms with Crippen molar-refractivity contribution in [2.24, 2.45) is 0 Å². The van der Waals surface area contributed by atoms with Crippen LogP contribution in [0.2, 0.25) is 0 Å². The topological polar surface area (TPSA) is 79.9 Å². The molecule has 0 saturated heterocycles. The summed E-state index contributed by atoms with van der Waals surface area (Å²) < 4.78 is 4.70. The number of hydrogen-bond acceptors (Lipinski definition) is 4. The molecule has 0 aliphatic carbocycles. The number of anilines is 1. The van der Waals surface area contributed by atoms with Crippen molar-refractivity contribution in [3.8, 4) is 0 Å². The zero-order valence-corrected chi connectivity index (χ0v) is 8.15. The number of carbonyl (C=O) groups is 1. The van der Waals surface area contributed by atoms with Gasteiger partial charge in [0.05, 0.1) is 0 Å². The molecule has 2 rings (SSSR count). The fourth-order valence-electron chi connectivity index (χ4n) is 1.25. The first-order valence-corrected chi connectivity index (χ1v) is 4.39. The Bertz CT molecular complexity index is 480. The third-order valence-corrected chi connectivity index (χ3v) is 1.88. The maximum atomic E-state index is 11.2. The van der Waals surface area contributed by atoms with E-state index in [4.69, 9.17) is 4.74 Å². The van der Waals surface area contributed by atoms with Gasteiger partial charge in [-0.15, -0.1) is 0 Å². The normalized spacial score (nSPS) is 10.5. The van der Waals surface area contributed by atoms with E-state index in [1.807, 2.05) is 0 Å². The minimum absolute atomic E-state index is 0.0385. The molecule has 1 amide bonds. The number of rotatable bonds is 3. The number of H-pyrrole nitrogens is 1. The minimum atomic E-state index is -0.194. The monoisotopic (exact) mass is 206 g/mol. The number of amides is 1. The minimum Gasteiger partial charge on any atom is -0.375 e. The molecule has 2 aromatic rings. The van der Waals surface area contributed by atoms with Crippen LogP contribution < -0.4 is 5.32 Å². The van der Waals surface area contributed by atoms with E-state index in [9.17, 15) is 4.79 Å². The highest BCUT2D eigenvalue weighted by molar-refractivity contribution is 5.93. The van der Waals surface area contributed by atoms with Gasteiger partial charge in [-0.3, -0.25) is 4.79 Å². The average Bonchev–Trinajstić information content (AvgIpc) is 2.65. The molecule has 0 radical (unpaired) electrons. The third kappa shape index (κ3) is 2.10. The molecule has 78 valence electrons. The summed E-state index contributed by atoms with van der Waals surface area (Å²) in [5, 5.41) is 13.0. The van der Waals surface area contributed by atoms with Gasteiger partial charge in [0.1, 0.15) is 17.6 Å². The van der Waals surface area contributed by atoms with Gasteiger partial charge in [0.2, 0.25) is 5.91 Å². The van der Waals surface area contributed by atoms with Crippen LogP contribution >= 0.6 is 0 Å². The van der Waals surface area contributed by atoms with Crippen LogP contribution in [0.4, 0.5) is 5.69 Å². The highest BCUT2D eigenvalue weighted by Crippen LogP contribution is 2.14. The second kappa shape index (κ2) is 4.05. The maximum Gasteiger partial charge on any atom is 0.250 e. The predicted molar refractivity (Wildman–Crippen MR) is 54.4 cm³/mol. The molecule has 0 saturated carbocycles. The number of nitrogens with zero attached hydrogens (tertiary/aromatic N) is 2. The Kier molecular flexibility index (Phi) is 2.59. The van der Waals surface area contributed by atoms with E-state index in [2.05, 4.69) is 20.7 Å². The Morgan fingerprint density at radius 1 is 1.47 bits per heavy atom. The number of benzene rings is 1. The van der Waals surface area contributed by atoms with Crippen LogP contribution in [0.15, 0.2) is 18.2 Å². The summed E-state index contributed by atoms with van der Waals surface area (Å²) in [6.07, 6.45) is 0. The van der Waals surface area contributed by atoms with Crippen LogP contribution in [0.1, 0.15) is 0 Å². The molecule has 0 bridgehead atoms. The number of aromatic nitrogens is 3. The molecule has 6 heteroatoms. The number of ether oxygens (including phenoxy) is 1. The molecule has 6 nitrogen and oxygen atoms in total. The Hall–Kier alpha value is -1.95. The Balaban J connectivity index is 2.17. The molecular weight excluding hydrogens is 196 g/mol. The van der Waals surface area contributed by atoms with Crippen molar-refractivity contribution in [2.75, 3.05) is 19.0 Å². The lowest BCUT2D eigenvalue weighted by molar-refractivity contribution is -0.119. The largest absolute Gasteiger partial charge is 0.375 e. The summed E-state index contributed by atoms with van der Waals surface area (Å²) in [6, 6.07) is 5.28. The number of carbonyl (C=O) groups excluding carboxylic acids is 1. The van der Waals surface area contributed by atoms with Gasteiger partial charge >= 0.3 is 0 Å². The van der Waals surface area contributed by atoms with E-state index in [1.165, 1.54) is 7.11 Å². The first kappa shape index (κ1) is 9.60. The van der Waals surface area contributed by atoms with Gasteiger partial charge in [0.15, 0.2) is 0 Å². The lowest BCUT2D eigenvalue weighted by Crippen LogP contribution is -2.16. The van der Waals surface area contributed by atoms with Gasteiger partial charge in [0, 0.05) is 12.8 Å². The maximum absolute atomic E-state index is 11.2. The van der Waals surface area contributed by atoms with Crippen molar-refractivity contribution in [1.29, 1.82) is 0 Å². The van der Waals surface area contributed by atoms with Gasteiger partial charge in [0.25, 0.3) is 0 Å². The second-order valence-corrected chi connectivity index (χ2v) is 3.01. The quantitative estimate of drug-likeness (QED) is 0.768. The Morgan fingerprint density at radius 2 is 2.27 bits per heavy atom. The number of hydrogen-bond donors (Lipinski definition) is 2. The van der Waals surface area contributed by atoms with Gasteiger partial charge < -0.3 is 10.1 Å². The molecule has 1 aromatic carbocycles. The first-order chi connectivity index (χ1) is 7.29. The Labute approximate surface area is 85.6 Å². The molecule has 0 unspecified atom stereocenters. The van der Waals surface area contributed by atoms with E-state index in [0.717, 1.165) is 5.52 Å². The summed E-state index contributed by atoms with van der Waals surface area (Å²) in [6.45, 7) is 0.0385. The van der Waals surface area contributed by atoms with E-state index in [-0.39, 0.29) is 12.5 Å². The van der Waals surface area contributed by atoms with Crippen molar-refractivity contribution < 1.29 is 9.53 Å². The average molecular weight is 206 g/mol. The zero-order chi connectivity index (χ0) is 10.7. The predicted octanol–water partition coefficient (Wildman–Crippen LogP) is 0.543. The van der Waals surface area contributed by atoms with Crippen LogP contribution in [0.5, 0.6) is 0 Å². The summed E-state index contributed by atoms with van der Waals surface area (Å²) >= 11 is 0. The number of aromatic amines is 1. The molecule has 0 spiro atoms. The zero-order valence-electron chi connectivity index (χ0n) is 8.15. The van der Waals surface area contributed by atoms with Crippen molar-refractivity contribution in [2.45, 2.75) is 0 Å². The standard InChI is InChI=1S/C9H10N4O2/c1-15-5-9(14)10-6-2-3-7-8(4-6)12-13-11-7/h2-4H,5H2,1H3,(H,10,14)(H,11,12,13). The van der Waals surface area contributed by atoms with Gasteiger partial charge in [-0.2, -0.15) is 15.4 Å². The summed E-state index contributed by atoms with van der Waals surface area (Å²) in [7, 11) is 1.47. The molecular formula is C9H10N4O2. The molecule has 1 aromatic heterocycles. The lowest BCUT2D eigenvalue weighted by Gasteiger charge is -2.03. The summed E-state index contributed by atoms with van der Waals surface area (Å²) in [5.41, 5.74) is 2.16. The highest BCUT2D eigenvalue weighted by Gasteiger charge is 2.03. The molecule has 0 fully saturated rings. The van der Waals surface area contributed by atoms with E-state index >= 15 is 0 Å². The number of nitrogens with one attached hydrogen (secondary N) is 2. The summed E-state index contributed by atoms with van der Waals surface area (Å²) in [5.74, 6) is -0.194. The van der Waals surface area contributed by atoms with Crippen LogP contribution in [-0.2, 0) is 9.53 Å². The number of fused-ring (bicyclic) bond motifs is 1. The van der Waals surface area contributed by atoms with Crippen molar-refractivity contribution in [3.05, 3.63) is 18.2 Å². The van der Waals surface area contributed by atoms with E-state index < -0.39 is 0 Å². The molecule has 15 heavy (non-hydrogen) atoms. The number of methoxy groups -OCH3 is 1. The van der Waals surface area contributed by atoms with Crippen molar-refractivity contribution >= 4 is 22.6 Å². The van der Waals surface area contributed by atoms with E-state index in [1.54, 1.807) is 18.2 Å². The molecule has 2 N–H and O–H groups in total. The molecule has 0 aliphatic heterocycles. The molecule has 0 atom stereocenters. The summed E-state index contributed by atoms with van der Waals surface area (Å²) in [4.78, 5) is 11.2. The highest BCUT2D eigenvalue weighted by atomic mass is 16.5. The van der Waals surface area contributed by atoms with Crippen LogP contribution in [0.3, 0.4) is 0 Å². The van der Waals surface area contributed by atoms with Gasteiger partial charge in [-0.05, 0) is 18.2 Å². The van der Waals surface area contributed by atoms with Crippen molar-refractivity contribution in [3.63, 3.8) is 0 Å². The van der Waals surface area contributed by atoms with E-state index in [0.29, 0.717) is 11.2 Å². The fourth-order valence-corrected chi connectivity index (χ4v) is 1.25. The smallest absolute Gasteiger partial charge is 0.250 e. The first-order valence-electron chi connectivity index (χ1n) is 4.39. The molecule has 0 aliphatic rings. The molecule has 1 heterocycles. The van der Waals surface area contributed by atoms with Crippen molar-refractivity contribution in [1.82, 2.24) is 15.4 Å². The lowest BCUT2D eigenvalue weighted by atomic mass is 10.3. The van der Waals surface area contributed by atoms with Crippen LogP contribution in [-0.4, -0.2) is 35.0 Å². The Morgan fingerprint density at radius 3 is 3.07 bits per heavy atom.